The molecule has 3 N–H and O–H groups in total. The summed E-state index contributed by atoms with van der Waals surface area (Å²) in [5, 5.41) is 31.4. The van der Waals surface area contributed by atoms with E-state index in [1.165, 1.54) is 7.11 Å². The zero-order chi connectivity index (χ0) is 24.7. The molecule has 0 saturated heterocycles. The summed E-state index contributed by atoms with van der Waals surface area (Å²) in [4.78, 5) is 18.4. The van der Waals surface area contributed by atoms with Gasteiger partial charge in [-0.15, -0.1) is 0 Å². The number of hydrogen-bond acceptors (Lipinski definition) is 6. The molecule has 1 unspecified atom stereocenters. The Hall–Kier alpha value is -2.94. The Kier molecular flexibility index (Phi) is 6.53. The number of imidazole rings is 1. The summed E-state index contributed by atoms with van der Waals surface area (Å²) in [5.41, 5.74) is 4.46. The molecule has 3 aromatic rings. The van der Waals surface area contributed by atoms with Gasteiger partial charge >= 0.3 is 5.97 Å². The Balaban J connectivity index is 1.64. The maximum Gasteiger partial charge on any atom is 0.306 e. The van der Waals surface area contributed by atoms with Crippen LogP contribution >= 0.6 is 0 Å². The van der Waals surface area contributed by atoms with Crippen molar-refractivity contribution in [3.05, 3.63) is 59.4 Å². The molecule has 2 aliphatic rings. The SMILES string of the molecule is COC(O)N1c2ccc3c(nc([C@@H](O)c4ccccc4)n3[C@H]3CC[C@H](C(=O)O)CC3)c2CC[C@@H]1C. The first-order chi connectivity index (χ1) is 16.9. The van der Waals surface area contributed by atoms with E-state index >= 15 is 0 Å². The van der Waals surface area contributed by atoms with Gasteiger partial charge in [-0.2, -0.15) is 0 Å². The fourth-order valence-electron chi connectivity index (χ4n) is 5.83. The number of benzene rings is 2. The van der Waals surface area contributed by atoms with E-state index in [1.54, 1.807) is 0 Å². The smallest absolute Gasteiger partial charge is 0.306 e. The molecule has 2 aromatic carbocycles. The van der Waals surface area contributed by atoms with Crippen molar-refractivity contribution in [2.24, 2.45) is 5.92 Å². The Labute approximate surface area is 204 Å². The molecule has 1 aliphatic heterocycles. The predicted molar refractivity (Wildman–Crippen MR) is 132 cm³/mol. The molecule has 35 heavy (non-hydrogen) atoms. The summed E-state index contributed by atoms with van der Waals surface area (Å²) in [6.07, 6.45) is 2.36. The highest BCUT2D eigenvalue weighted by molar-refractivity contribution is 5.86. The number of carboxylic acids is 1. The lowest BCUT2D eigenvalue weighted by Crippen LogP contribution is -2.45. The van der Waals surface area contributed by atoms with E-state index in [1.807, 2.05) is 47.4 Å². The highest BCUT2D eigenvalue weighted by Crippen LogP contribution is 2.42. The van der Waals surface area contributed by atoms with Crippen LogP contribution in [0.15, 0.2) is 42.5 Å². The summed E-state index contributed by atoms with van der Waals surface area (Å²) in [7, 11) is 1.49. The highest BCUT2D eigenvalue weighted by atomic mass is 16.6. The highest BCUT2D eigenvalue weighted by Gasteiger charge is 2.34. The molecule has 0 spiro atoms. The van der Waals surface area contributed by atoms with Crippen molar-refractivity contribution in [2.75, 3.05) is 12.0 Å². The van der Waals surface area contributed by atoms with E-state index in [0.717, 1.165) is 53.5 Å². The number of fused-ring (bicyclic) bond motifs is 3. The summed E-state index contributed by atoms with van der Waals surface area (Å²) in [6.45, 7) is 2.07. The van der Waals surface area contributed by atoms with Crippen LogP contribution in [0.25, 0.3) is 11.0 Å². The number of methoxy groups -OCH3 is 1. The standard InChI is InChI=1S/C27H33N3O5/c1-16-8-13-20-21(29(16)27(34)35-2)14-15-22-23(20)28-25(24(31)17-6-4-3-5-7-17)30(22)19-11-9-18(10-12-19)26(32)33/h3-7,14-16,18-19,24,27,31,34H,8-13H2,1-2H3,(H,32,33)/t16-,18-,19-,24-,27?/m0/s1. The maximum absolute atomic E-state index is 11.5. The third-order valence-electron chi connectivity index (χ3n) is 7.75. The lowest BCUT2D eigenvalue weighted by atomic mass is 9.85. The summed E-state index contributed by atoms with van der Waals surface area (Å²) >= 11 is 0. The normalized spacial score (nSPS) is 24.2. The van der Waals surface area contributed by atoms with Crippen LogP contribution in [0.5, 0.6) is 0 Å². The Bertz CT molecular complexity index is 1200. The minimum atomic E-state index is -1.05. The number of rotatable bonds is 6. The third kappa shape index (κ3) is 4.20. The fraction of sp³-hybridized carbons (Fsp3) is 0.481. The molecule has 5 rings (SSSR count). The quantitative estimate of drug-likeness (QED) is 0.459. The van der Waals surface area contributed by atoms with Crippen molar-refractivity contribution in [2.45, 2.75) is 70.1 Å². The zero-order valence-electron chi connectivity index (χ0n) is 20.2. The number of aliphatic carboxylic acids is 1. The molecular formula is C27H33N3O5. The minimum absolute atomic E-state index is 0.0604. The van der Waals surface area contributed by atoms with Gasteiger partial charge in [0.2, 0.25) is 6.41 Å². The molecule has 0 amide bonds. The largest absolute Gasteiger partial charge is 0.481 e. The molecule has 2 heterocycles. The second kappa shape index (κ2) is 9.60. The van der Waals surface area contributed by atoms with Gasteiger partial charge in [0.25, 0.3) is 0 Å². The van der Waals surface area contributed by atoms with Crippen LogP contribution in [-0.2, 0) is 16.0 Å². The number of carboxylic acid groups (broad SMARTS) is 1. The van der Waals surface area contributed by atoms with Gasteiger partial charge in [-0.25, -0.2) is 4.98 Å². The van der Waals surface area contributed by atoms with E-state index in [0.29, 0.717) is 18.7 Å². The van der Waals surface area contributed by atoms with Crippen LogP contribution in [0.3, 0.4) is 0 Å². The van der Waals surface area contributed by atoms with Crippen molar-refractivity contribution < 1.29 is 24.9 Å². The average molecular weight is 480 g/mol. The van der Waals surface area contributed by atoms with Crippen molar-refractivity contribution >= 4 is 22.7 Å². The van der Waals surface area contributed by atoms with Crippen molar-refractivity contribution in [3.8, 4) is 0 Å². The monoisotopic (exact) mass is 479 g/mol. The third-order valence-corrected chi connectivity index (χ3v) is 7.75. The molecule has 1 aliphatic carbocycles. The Morgan fingerprint density at radius 2 is 1.77 bits per heavy atom. The number of carbonyl (C=O) groups is 1. The number of aliphatic hydroxyl groups excluding tert-OH is 2. The zero-order valence-corrected chi connectivity index (χ0v) is 20.2. The number of anilines is 1. The second-order valence-electron chi connectivity index (χ2n) is 9.78. The first-order valence-corrected chi connectivity index (χ1v) is 12.4. The number of nitrogens with zero attached hydrogens (tertiary/aromatic N) is 3. The molecular weight excluding hydrogens is 446 g/mol. The molecule has 1 saturated carbocycles. The Morgan fingerprint density at radius 1 is 1.06 bits per heavy atom. The van der Waals surface area contributed by atoms with Crippen LogP contribution in [0.2, 0.25) is 0 Å². The average Bonchev–Trinajstić information content (AvgIpc) is 3.28. The topological polar surface area (TPSA) is 108 Å². The van der Waals surface area contributed by atoms with Crippen LogP contribution in [0, 0.1) is 5.92 Å². The summed E-state index contributed by atoms with van der Waals surface area (Å²) < 4.78 is 7.39. The second-order valence-corrected chi connectivity index (χ2v) is 9.78. The number of aliphatic hydroxyl groups is 2. The molecule has 1 aromatic heterocycles. The molecule has 0 bridgehead atoms. The van der Waals surface area contributed by atoms with Crippen molar-refractivity contribution in [1.82, 2.24) is 9.55 Å². The summed E-state index contributed by atoms with van der Waals surface area (Å²) in [6, 6.07) is 13.7. The molecule has 8 heteroatoms. The lowest BCUT2D eigenvalue weighted by molar-refractivity contribution is -0.143. The van der Waals surface area contributed by atoms with Gasteiger partial charge in [0.05, 0.1) is 17.0 Å². The molecule has 1 fully saturated rings. The fourth-order valence-corrected chi connectivity index (χ4v) is 5.83. The van der Waals surface area contributed by atoms with Crippen LogP contribution in [-0.4, -0.2) is 50.4 Å². The van der Waals surface area contributed by atoms with Crippen LogP contribution in [0.1, 0.15) is 68.1 Å². The van der Waals surface area contributed by atoms with Gasteiger partial charge in [0.15, 0.2) is 0 Å². The van der Waals surface area contributed by atoms with E-state index in [4.69, 9.17) is 9.72 Å². The molecule has 8 nitrogen and oxygen atoms in total. The first-order valence-electron chi connectivity index (χ1n) is 12.4. The van der Waals surface area contributed by atoms with E-state index in [2.05, 4.69) is 11.5 Å². The van der Waals surface area contributed by atoms with Gasteiger partial charge in [-0.3, -0.25) is 4.79 Å². The van der Waals surface area contributed by atoms with E-state index in [-0.39, 0.29) is 18.0 Å². The predicted octanol–water partition coefficient (Wildman–Crippen LogP) is 4.00. The van der Waals surface area contributed by atoms with Crippen LogP contribution < -0.4 is 4.90 Å². The van der Waals surface area contributed by atoms with E-state index in [9.17, 15) is 20.1 Å². The van der Waals surface area contributed by atoms with Gasteiger partial charge in [-0.05, 0) is 63.1 Å². The van der Waals surface area contributed by atoms with Gasteiger partial charge in [0, 0.05) is 30.4 Å². The number of ether oxygens (including phenoxy) is 1. The molecule has 186 valence electrons. The lowest BCUT2D eigenvalue weighted by Gasteiger charge is -2.39. The molecule has 0 radical (unpaired) electrons. The molecule has 3 atom stereocenters. The van der Waals surface area contributed by atoms with Gasteiger partial charge in [0.1, 0.15) is 11.9 Å². The van der Waals surface area contributed by atoms with E-state index < -0.39 is 18.5 Å². The van der Waals surface area contributed by atoms with Crippen LogP contribution in [0.4, 0.5) is 5.69 Å². The van der Waals surface area contributed by atoms with Gasteiger partial charge in [-0.1, -0.05) is 30.3 Å². The number of aryl methyl sites for hydroxylation is 1. The number of aromatic nitrogens is 2. The van der Waals surface area contributed by atoms with Crippen molar-refractivity contribution in [3.63, 3.8) is 0 Å². The van der Waals surface area contributed by atoms with Crippen molar-refractivity contribution in [1.29, 1.82) is 0 Å². The maximum atomic E-state index is 11.5. The first kappa shape index (κ1) is 23.8. The van der Waals surface area contributed by atoms with Gasteiger partial charge < -0.3 is 29.5 Å². The summed E-state index contributed by atoms with van der Waals surface area (Å²) in [5.74, 6) is -0.471. The number of hydrogen-bond donors (Lipinski definition) is 3. The Morgan fingerprint density at radius 3 is 2.43 bits per heavy atom. The minimum Gasteiger partial charge on any atom is -0.481 e.